The van der Waals surface area contributed by atoms with Crippen LogP contribution in [0.15, 0.2) is 55.0 Å². The second-order valence-corrected chi connectivity index (χ2v) is 11.0. The minimum absolute atomic E-state index is 0.213. The van der Waals surface area contributed by atoms with Crippen molar-refractivity contribution in [1.29, 1.82) is 0 Å². The van der Waals surface area contributed by atoms with Gasteiger partial charge in [0.15, 0.2) is 5.13 Å². The van der Waals surface area contributed by atoms with Gasteiger partial charge in [-0.2, -0.15) is 9.49 Å². The average Bonchev–Trinajstić information content (AvgIpc) is 3.74. The van der Waals surface area contributed by atoms with Crippen molar-refractivity contribution in [1.82, 2.24) is 30.5 Å². The SMILES string of the molecule is Fc1ccc(-c2cncc3[nH]c(-c4n[nH]c5cnc(-c6cc#cc(CNCC7CCCC7)c6)cc45)cc23)s1. The fourth-order valence-electron chi connectivity index (χ4n) is 5.45. The van der Waals surface area contributed by atoms with Gasteiger partial charge in [-0.3, -0.25) is 15.1 Å². The first-order chi connectivity index (χ1) is 18.7. The summed E-state index contributed by atoms with van der Waals surface area (Å²) in [6.07, 6.45) is 10.8. The smallest absolute Gasteiger partial charge is 0.176 e. The second-order valence-electron chi connectivity index (χ2n) is 9.94. The summed E-state index contributed by atoms with van der Waals surface area (Å²) in [5.41, 5.74) is 7.22. The van der Waals surface area contributed by atoms with Crippen LogP contribution in [0.4, 0.5) is 4.39 Å². The number of thiophene rings is 1. The van der Waals surface area contributed by atoms with Crippen molar-refractivity contribution in [2.24, 2.45) is 5.92 Å². The molecule has 1 fully saturated rings. The lowest BCUT2D eigenvalue weighted by Gasteiger charge is -2.10. The van der Waals surface area contributed by atoms with Gasteiger partial charge >= 0.3 is 0 Å². The number of halogens is 1. The van der Waals surface area contributed by atoms with E-state index in [4.69, 9.17) is 0 Å². The first-order valence-corrected chi connectivity index (χ1v) is 13.7. The predicted octanol–water partition coefficient (Wildman–Crippen LogP) is 6.92. The Labute approximate surface area is 223 Å². The molecule has 0 unspecified atom stereocenters. The van der Waals surface area contributed by atoms with Gasteiger partial charge in [0.05, 0.1) is 34.8 Å². The summed E-state index contributed by atoms with van der Waals surface area (Å²) >= 11 is 1.12. The van der Waals surface area contributed by atoms with E-state index in [2.05, 4.69) is 60.8 Å². The molecule has 0 radical (unpaired) electrons. The molecule has 38 heavy (non-hydrogen) atoms. The molecule has 1 aromatic carbocycles. The van der Waals surface area contributed by atoms with Crippen LogP contribution in [0.25, 0.3) is 54.9 Å². The summed E-state index contributed by atoms with van der Waals surface area (Å²) in [5.74, 6) is 0.800. The van der Waals surface area contributed by atoms with Gasteiger partial charge < -0.3 is 10.3 Å². The van der Waals surface area contributed by atoms with Crippen LogP contribution < -0.4 is 5.32 Å². The summed E-state index contributed by atoms with van der Waals surface area (Å²) in [4.78, 5) is 13.3. The van der Waals surface area contributed by atoms with E-state index < -0.39 is 0 Å². The van der Waals surface area contributed by atoms with E-state index in [0.29, 0.717) is 0 Å². The lowest BCUT2D eigenvalue weighted by molar-refractivity contribution is 0.489. The van der Waals surface area contributed by atoms with Crippen molar-refractivity contribution in [2.75, 3.05) is 6.54 Å². The van der Waals surface area contributed by atoms with Gasteiger partial charge in [-0.25, -0.2) is 0 Å². The summed E-state index contributed by atoms with van der Waals surface area (Å²) in [5, 5.41) is 13.0. The number of H-pyrrole nitrogens is 2. The molecule has 7 rings (SSSR count). The topological polar surface area (TPSA) is 82.3 Å². The molecule has 3 N–H and O–H groups in total. The highest BCUT2D eigenvalue weighted by Crippen LogP contribution is 2.36. The van der Waals surface area contributed by atoms with Crippen LogP contribution in [-0.2, 0) is 6.54 Å². The zero-order valence-electron chi connectivity index (χ0n) is 20.6. The minimum Gasteiger partial charge on any atom is -0.352 e. The Morgan fingerprint density at radius 2 is 1.97 bits per heavy atom. The second kappa shape index (κ2) is 9.67. The van der Waals surface area contributed by atoms with E-state index >= 15 is 0 Å². The number of hydrogen-bond acceptors (Lipinski definition) is 5. The van der Waals surface area contributed by atoms with Crippen LogP contribution in [0.2, 0.25) is 0 Å². The molecule has 1 aliphatic carbocycles. The van der Waals surface area contributed by atoms with Crippen LogP contribution in [0, 0.1) is 23.2 Å². The van der Waals surface area contributed by atoms with E-state index in [1.807, 2.05) is 12.3 Å². The zero-order chi connectivity index (χ0) is 25.5. The Bertz CT molecular complexity index is 1740. The van der Waals surface area contributed by atoms with Gasteiger partial charge in [0.1, 0.15) is 5.69 Å². The quantitative estimate of drug-likeness (QED) is 0.213. The molecule has 5 aromatic heterocycles. The van der Waals surface area contributed by atoms with Crippen molar-refractivity contribution in [2.45, 2.75) is 32.2 Å². The van der Waals surface area contributed by atoms with Crippen molar-refractivity contribution in [3.05, 3.63) is 77.8 Å². The lowest BCUT2D eigenvalue weighted by atomic mass is 10.1. The summed E-state index contributed by atoms with van der Waals surface area (Å²) in [6, 6.07) is 17.9. The van der Waals surface area contributed by atoms with Gasteiger partial charge in [-0.05, 0) is 61.7 Å². The first-order valence-electron chi connectivity index (χ1n) is 12.9. The molecule has 6 nitrogen and oxygen atoms in total. The maximum Gasteiger partial charge on any atom is 0.176 e. The first kappa shape index (κ1) is 23.1. The number of hydrogen-bond donors (Lipinski definition) is 3. The Morgan fingerprint density at radius 3 is 2.84 bits per heavy atom. The van der Waals surface area contributed by atoms with Gasteiger partial charge in [0, 0.05) is 45.1 Å². The summed E-state index contributed by atoms with van der Waals surface area (Å²) in [6.45, 7) is 1.84. The standard InChI is InChI=1S/C30H25FN6S/c31-29-9-8-28(38-29)23-15-33-16-26-21(23)11-25(35-26)30-22-12-24(34-17-27(22)36-37-30)20-7-3-6-19(10-20)14-32-13-18-4-1-2-5-18/h7-12,15-18,32,35H,1-2,4-5,13-14H2,(H,36,37). The van der Waals surface area contributed by atoms with Crippen LogP contribution in [0.1, 0.15) is 31.2 Å². The molecule has 0 saturated heterocycles. The highest BCUT2D eigenvalue weighted by atomic mass is 32.1. The third kappa shape index (κ3) is 4.34. The van der Waals surface area contributed by atoms with Crippen molar-refractivity contribution < 1.29 is 4.39 Å². The number of aromatic amines is 2. The van der Waals surface area contributed by atoms with Crippen LogP contribution in [0.3, 0.4) is 0 Å². The van der Waals surface area contributed by atoms with Gasteiger partial charge in [0.2, 0.25) is 0 Å². The lowest BCUT2D eigenvalue weighted by Crippen LogP contribution is -2.20. The number of pyridine rings is 2. The van der Waals surface area contributed by atoms with Crippen LogP contribution in [0.5, 0.6) is 0 Å². The molecule has 0 spiro atoms. The van der Waals surface area contributed by atoms with Crippen LogP contribution in [-0.4, -0.2) is 31.7 Å². The van der Waals surface area contributed by atoms with Crippen molar-refractivity contribution in [3.63, 3.8) is 0 Å². The van der Waals surface area contributed by atoms with E-state index in [1.54, 1.807) is 18.5 Å². The maximum atomic E-state index is 13.7. The Kier molecular flexibility index (Phi) is 5.88. The molecule has 0 aliphatic heterocycles. The number of rotatable bonds is 7. The highest BCUT2D eigenvalue weighted by molar-refractivity contribution is 7.14. The molecule has 1 aliphatic rings. The van der Waals surface area contributed by atoms with Crippen molar-refractivity contribution >= 4 is 33.1 Å². The Hall–Kier alpha value is -4.06. The van der Waals surface area contributed by atoms with E-state index in [-0.39, 0.29) is 5.13 Å². The highest BCUT2D eigenvalue weighted by Gasteiger charge is 2.17. The Morgan fingerprint density at radius 1 is 1.05 bits per heavy atom. The molecule has 188 valence electrons. The number of nitrogens with zero attached hydrogens (tertiary/aromatic N) is 3. The van der Waals surface area contributed by atoms with E-state index in [1.165, 1.54) is 31.7 Å². The molecule has 6 aromatic rings. The normalized spacial score (nSPS) is 14.0. The van der Waals surface area contributed by atoms with Gasteiger partial charge in [0.25, 0.3) is 0 Å². The number of nitrogens with one attached hydrogen (secondary N) is 3. The van der Waals surface area contributed by atoms with Crippen LogP contribution >= 0.6 is 11.3 Å². The molecular formula is C30H25FN6S. The third-order valence-corrected chi connectivity index (χ3v) is 8.30. The summed E-state index contributed by atoms with van der Waals surface area (Å²) in [7, 11) is 0. The molecule has 1 saturated carbocycles. The van der Waals surface area contributed by atoms with Gasteiger partial charge in [-0.1, -0.05) is 25.0 Å². The molecule has 0 amide bonds. The monoisotopic (exact) mass is 520 g/mol. The largest absolute Gasteiger partial charge is 0.352 e. The minimum atomic E-state index is -0.213. The molecule has 0 atom stereocenters. The number of aromatic nitrogens is 5. The fourth-order valence-corrected chi connectivity index (χ4v) is 6.21. The third-order valence-electron chi connectivity index (χ3n) is 7.40. The Balaban J connectivity index is 1.20. The average molecular weight is 521 g/mol. The predicted molar refractivity (Wildman–Crippen MR) is 149 cm³/mol. The van der Waals surface area contributed by atoms with Gasteiger partial charge in [-0.15, -0.1) is 11.3 Å². The van der Waals surface area contributed by atoms with E-state index in [0.717, 1.165) is 90.8 Å². The van der Waals surface area contributed by atoms with Crippen molar-refractivity contribution in [3.8, 4) is 33.1 Å². The molecule has 8 heteroatoms. The summed E-state index contributed by atoms with van der Waals surface area (Å²) < 4.78 is 13.7. The number of fused-ring (bicyclic) bond motifs is 2. The fraction of sp³-hybridized carbons (Fsp3) is 0.233. The molecular weight excluding hydrogens is 495 g/mol. The van der Waals surface area contributed by atoms with E-state index in [9.17, 15) is 4.39 Å². The molecule has 5 heterocycles. The molecule has 0 bridgehead atoms. The maximum absolute atomic E-state index is 13.7. The zero-order valence-corrected chi connectivity index (χ0v) is 21.5.